The second-order valence-electron chi connectivity index (χ2n) is 3.97. The molecule has 104 valence electrons. The van der Waals surface area contributed by atoms with Crippen LogP contribution in [-0.2, 0) is 6.54 Å². The summed E-state index contributed by atoms with van der Waals surface area (Å²) in [7, 11) is 0. The van der Waals surface area contributed by atoms with Crippen LogP contribution in [0.1, 0.15) is 15.9 Å². The maximum Gasteiger partial charge on any atom is 0.252 e. The highest BCUT2D eigenvalue weighted by Gasteiger charge is 2.12. The molecule has 7 heteroatoms. The molecule has 2 rings (SSSR count). The van der Waals surface area contributed by atoms with Crippen LogP contribution in [0.3, 0.4) is 0 Å². The second kappa shape index (κ2) is 5.83. The van der Waals surface area contributed by atoms with Gasteiger partial charge in [0.1, 0.15) is 16.8 Å². The lowest BCUT2D eigenvalue weighted by Gasteiger charge is -2.11. The smallest absolute Gasteiger partial charge is 0.252 e. The minimum Gasteiger partial charge on any atom is -0.380 e. The molecule has 0 aliphatic rings. The predicted molar refractivity (Wildman–Crippen MR) is 71.4 cm³/mol. The quantitative estimate of drug-likeness (QED) is 0.853. The highest BCUT2D eigenvalue weighted by Crippen LogP contribution is 2.20. The minimum absolute atomic E-state index is 0.0890. The first-order valence-electron chi connectivity index (χ1n) is 5.61. The van der Waals surface area contributed by atoms with Crippen LogP contribution in [0.4, 0.5) is 14.5 Å². The molecule has 1 heterocycles. The van der Waals surface area contributed by atoms with Crippen molar-refractivity contribution in [2.75, 3.05) is 5.32 Å². The molecule has 0 saturated carbocycles. The van der Waals surface area contributed by atoms with E-state index in [9.17, 15) is 13.6 Å². The first-order valence-corrected chi connectivity index (χ1v) is 5.99. The molecule has 1 aromatic heterocycles. The number of carbonyl (C=O) groups excluding carboxylic acids is 1. The van der Waals surface area contributed by atoms with Gasteiger partial charge in [-0.3, -0.25) is 4.79 Å². The zero-order valence-electron chi connectivity index (χ0n) is 10.2. The van der Waals surface area contributed by atoms with Gasteiger partial charge in [0.05, 0.1) is 11.3 Å². The third-order valence-corrected chi connectivity index (χ3v) is 2.86. The largest absolute Gasteiger partial charge is 0.380 e. The number of primary amides is 1. The number of halogens is 3. The summed E-state index contributed by atoms with van der Waals surface area (Å²) in [6, 6.07) is 4.93. The van der Waals surface area contributed by atoms with Gasteiger partial charge in [0, 0.05) is 18.3 Å². The number of aromatic nitrogens is 1. The number of pyridine rings is 1. The summed E-state index contributed by atoms with van der Waals surface area (Å²) in [6.07, 6.45) is 1.20. The van der Waals surface area contributed by atoms with Gasteiger partial charge in [0.2, 0.25) is 0 Å². The zero-order chi connectivity index (χ0) is 14.7. The lowest BCUT2D eigenvalue weighted by molar-refractivity contribution is 0.100. The molecule has 3 N–H and O–H groups in total. The van der Waals surface area contributed by atoms with Crippen LogP contribution in [0, 0.1) is 11.6 Å². The number of nitrogens with one attached hydrogen (secondary N) is 1. The molecule has 20 heavy (non-hydrogen) atoms. The van der Waals surface area contributed by atoms with Crippen molar-refractivity contribution in [3.8, 4) is 0 Å². The van der Waals surface area contributed by atoms with Gasteiger partial charge >= 0.3 is 0 Å². The Hall–Kier alpha value is -2.21. The number of nitrogens with zero attached hydrogens (tertiary/aromatic N) is 1. The molecule has 1 aromatic carbocycles. The van der Waals surface area contributed by atoms with Crippen molar-refractivity contribution >= 4 is 23.2 Å². The fourth-order valence-electron chi connectivity index (χ4n) is 1.66. The molecule has 0 unspecified atom stereocenters. The Morgan fingerprint density at radius 2 is 2.00 bits per heavy atom. The molecule has 4 nitrogen and oxygen atoms in total. The monoisotopic (exact) mass is 297 g/mol. The van der Waals surface area contributed by atoms with E-state index in [0.29, 0.717) is 0 Å². The van der Waals surface area contributed by atoms with Crippen LogP contribution >= 0.6 is 11.6 Å². The molecule has 0 bridgehead atoms. The number of anilines is 1. The standard InChI is InChI=1S/C13H10ClF2N3O/c14-12-4-11(8(6-19-12)13(17)20)18-5-7-9(15)2-1-3-10(7)16/h1-4,6H,5H2,(H2,17,20)(H,18,19). The Balaban J connectivity index is 2.27. The summed E-state index contributed by atoms with van der Waals surface area (Å²) >= 11 is 5.71. The fourth-order valence-corrected chi connectivity index (χ4v) is 1.82. The Labute approximate surface area is 118 Å². The van der Waals surface area contributed by atoms with E-state index in [-0.39, 0.29) is 28.5 Å². The van der Waals surface area contributed by atoms with E-state index in [1.807, 2.05) is 0 Å². The first kappa shape index (κ1) is 14.2. The van der Waals surface area contributed by atoms with E-state index < -0.39 is 17.5 Å². The molecule has 2 aromatic rings. The predicted octanol–water partition coefficient (Wildman–Crippen LogP) is 2.72. The van der Waals surface area contributed by atoms with Gasteiger partial charge in [-0.2, -0.15) is 0 Å². The topological polar surface area (TPSA) is 68.0 Å². The van der Waals surface area contributed by atoms with Crippen molar-refractivity contribution in [2.24, 2.45) is 5.73 Å². The Morgan fingerprint density at radius 3 is 2.60 bits per heavy atom. The van der Waals surface area contributed by atoms with Gasteiger partial charge in [-0.15, -0.1) is 0 Å². The van der Waals surface area contributed by atoms with Crippen LogP contribution in [-0.4, -0.2) is 10.9 Å². The molecule has 0 saturated heterocycles. The molecular formula is C13H10ClF2N3O. The van der Waals surface area contributed by atoms with Gasteiger partial charge < -0.3 is 11.1 Å². The number of carbonyl (C=O) groups is 1. The summed E-state index contributed by atoms with van der Waals surface area (Å²) in [6.45, 7) is -0.154. The average molecular weight is 298 g/mol. The van der Waals surface area contributed by atoms with Crippen LogP contribution in [0.15, 0.2) is 30.5 Å². The first-order chi connectivity index (χ1) is 9.49. The maximum atomic E-state index is 13.5. The minimum atomic E-state index is -0.717. The van der Waals surface area contributed by atoms with E-state index in [2.05, 4.69) is 10.3 Å². The van der Waals surface area contributed by atoms with Crippen LogP contribution < -0.4 is 11.1 Å². The van der Waals surface area contributed by atoms with Crippen molar-refractivity contribution in [2.45, 2.75) is 6.54 Å². The highest BCUT2D eigenvalue weighted by atomic mass is 35.5. The average Bonchev–Trinajstić information content (AvgIpc) is 2.37. The Morgan fingerprint density at radius 1 is 1.35 bits per heavy atom. The summed E-state index contributed by atoms with van der Waals surface area (Å²) in [5, 5.41) is 2.86. The molecule has 0 radical (unpaired) electrons. The number of benzene rings is 1. The van der Waals surface area contributed by atoms with Crippen molar-refractivity contribution in [3.63, 3.8) is 0 Å². The SMILES string of the molecule is NC(=O)c1cnc(Cl)cc1NCc1c(F)cccc1F. The van der Waals surface area contributed by atoms with E-state index in [0.717, 1.165) is 12.1 Å². The maximum absolute atomic E-state index is 13.5. The molecule has 0 fully saturated rings. The Kier molecular flexibility index (Phi) is 4.14. The lowest BCUT2D eigenvalue weighted by Crippen LogP contribution is -2.15. The number of nitrogens with two attached hydrogens (primary N) is 1. The van der Waals surface area contributed by atoms with Gasteiger partial charge in [0.15, 0.2) is 0 Å². The molecular weight excluding hydrogens is 288 g/mol. The van der Waals surface area contributed by atoms with Crippen molar-refractivity contribution in [1.82, 2.24) is 4.98 Å². The fraction of sp³-hybridized carbons (Fsp3) is 0.0769. The molecule has 0 atom stereocenters. The van der Waals surface area contributed by atoms with Gasteiger partial charge in [-0.1, -0.05) is 17.7 Å². The summed E-state index contributed by atoms with van der Waals surface area (Å²) in [5.74, 6) is -2.08. The molecule has 1 amide bonds. The molecule has 0 aliphatic carbocycles. The van der Waals surface area contributed by atoms with Gasteiger partial charge in [0.25, 0.3) is 5.91 Å². The van der Waals surface area contributed by atoms with E-state index >= 15 is 0 Å². The number of hydrogen-bond donors (Lipinski definition) is 2. The van der Waals surface area contributed by atoms with Crippen molar-refractivity contribution < 1.29 is 13.6 Å². The van der Waals surface area contributed by atoms with Crippen molar-refractivity contribution in [1.29, 1.82) is 0 Å². The van der Waals surface area contributed by atoms with Gasteiger partial charge in [-0.25, -0.2) is 13.8 Å². The van der Waals surface area contributed by atoms with Gasteiger partial charge in [-0.05, 0) is 18.2 Å². The van der Waals surface area contributed by atoms with E-state index in [1.54, 1.807) is 0 Å². The van der Waals surface area contributed by atoms with Crippen LogP contribution in [0.2, 0.25) is 5.15 Å². The Bertz CT molecular complexity index is 644. The van der Waals surface area contributed by atoms with Crippen LogP contribution in [0.5, 0.6) is 0 Å². The van der Waals surface area contributed by atoms with Crippen molar-refractivity contribution in [3.05, 3.63) is 58.4 Å². The normalized spacial score (nSPS) is 10.3. The number of hydrogen-bond acceptors (Lipinski definition) is 3. The highest BCUT2D eigenvalue weighted by molar-refractivity contribution is 6.29. The number of rotatable bonds is 4. The lowest BCUT2D eigenvalue weighted by atomic mass is 10.1. The molecule has 0 spiro atoms. The van der Waals surface area contributed by atoms with E-state index in [1.165, 1.54) is 18.3 Å². The molecule has 0 aliphatic heterocycles. The second-order valence-corrected chi connectivity index (χ2v) is 4.36. The third kappa shape index (κ3) is 3.03. The summed E-state index contributed by atoms with van der Waals surface area (Å²) in [4.78, 5) is 15.0. The summed E-state index contributed by atoms with van der Waals surface area (Å²) in [5.41, 5.74) is 5.39. The third-order valence-electron chi connectivity index (χ3n) is 2.65. The summed E-state index contributed by atoms with van der Waals surface area (Å²) < 4.78 is 27.0. The zero-order valence-corrected chi connectivity index (χ0v) is 10.9. The van der Waals surface area contributed by atoms with E-state index in [4.69, 9.17) is 17.3 Å². The van der Waals surface area contributed by atoms with Crippen LogP contribution in [0.25, 0.3) is 0 Å². The number of amides is 1.